The number of fused-ring (bicyclic) bond motifs is 3. The number of carbonyl (C=O) groups is 1. The van der Waals surface area contributed by atoms with Gasteiger partial charge in [-0.25, -0.2) is 0 Å². The lowest BCUT2D eigenvalue weighted by Gasteiger charge is -1.96. The van der Waals surface area contributed by atoms with Crippen molar-refractivity contribution in [2.24, 2.45) is 0 Å². The SMILES string of the molecule is O=CNc1ccc2oc3ccccc3c2c1. The predicted octanol–water partition coefficient (Wildman–Crippen LogP) is 3.15. The van der Waals surface area contributed by atoms with Crippen molar-refractivity contribution in [1.29, 1.82) is 0 Å². The van der Waals surface area contributed by atoms with Gasteiger partial charge in [0.25, 0.3) is 0 Å². The molecule has 3 heteroatoms. The molecule has 0 radical (unpaired) electrons. The van der Waals surface area contributed by atoms with Crippen molar-refractivity contribution in [2.45, 2.75) is 0 Å². The predicted molar refractivity (Wildman–Crippen MR) is 63.4 cm³/mol. The quantitative estimate of drug-likeness (QED) is 0.661. The third-order valence-corrected chi connectivity index (χ3v) is 2.60. The molecule has 2 aromatic carbocycles. The van der Waals surface area contributed by atoms with Crippen molar-refractivity contribution in [2.75, 3.05) is 5.32 Å². The van der Waals surface area contributed by atoms with E-state index in [2.05, 4.69) is 5.32 Å². The van der Waals surface area contributed by atoms with Gasteiger partial charge in [-0.1, -0.05) is 18.2 Å². The molecule has 0 saturated heterocycles. The summed E-state index contributed by atoms with van der Waals surface area (Å²) in [6, 6.07) is 13.4. The average Bonchev–Trinajstić information content (AvgIpc) is 2.68. The monoisotopic (exact) mass is 211 g/mol. The number of rotatable bonds is 2. The Morgan fingerprint density at radius 2 is 1.81 bits per heavy atom. The number of furan rings is 1. The second-order valence-corrected chi connectivity index (χ2v) is 3.57. The molecule has 1 aromatic heterocycles. The van der Waals surface area contributed by atoms with Crippen molar-refractivity contribution < 1.29 is 9.21 Å². The molecule has 0 fully saturated rings. The molecule has 3 nitrogen and oxygen atoms in total. The molecule has 1 amide bonds. The van der Waals surface area contributed by atoms with Crippen molar-refractivity contribution >= 4 is 34.0 Å². The smallest absolute Gasteiger partial charge is 0.211 e. The van der Waals surface area contributed by atoms with Crippen molar-refractivity contribution in [3.05, 3.63) is 42.5 Å². The Labute approximate surface area is 91.7 Å². The van der Waals surface area contributed by atoms with Crippen LogP contribution >= 0.6 is 0 Å². The van der Waals surface area contributed by atoms with Gasteiger partial charge in [0.2, 0.25) is 6.41 Å². The summed E-state index contributed by atoms with van der Waals surface area (Å²) in [5.74, 6) is 0. The van der Waals surface area contributed by atoms with E-state index in [4.69, 9.17) is 4.42 Å². The van der Waals surface area contributed by atoms with Crippen molar-refractivity contribution in [1.82, 2.24) is 0 Å². The molecule has 0 aliphatic heterocycles. The van der Waals surface area contributed by atoms with Gasteiger partial charge < -0.3 is 9.73 Å². The molecule has 0 aliphatic carbocycles. The molecule has 0 unspecified atom stereocenters. The van der Waals surface area contributed by atoms with Gasteiger partial charge >= 0.3 is 0 Å². The molecule has 0 spiro atoms. The number of para-hydroxylation sites is 1. The Morgan fingerprint density at radius 3 is 2.69 bits per heavy atom. The zero-order valence-corrected chi connectivity index (χ0v) is 8.44. The molecule has 3 rings (SSSR count). The van der Waals surface area contributed by atoms with Crippen LogP contribution < -0.4 is 5.32 Å². The van der Waals surface area contributed by atoms with E-state index in [1.165, 1.54) is 0 Å². The number of benzene rings is 2. The first-order chi connectivity index (χ1) is 7.88. The zero-order chi connectivity index (χ0) is 11.0. The van der Waals surface area contributed by atoms with Crippen LogP contribution in [0.15, 0.2) is 46.9 Å². The van der Waals surface area contributed by atoms with Crippen LogP contribution in [0.1, 0.15) is 0 Å². The fourth-order valence-electron chi connectivity index (χ4n) is 1.88. The maximum absolute atomic E-state index is 10.4. The Hall–Kier alpha value is -2.29. The van der Waals surface area contributed by atoms with E-state index in [1.807, 2.05) is 42.5 Å². The maximum Gasteiger partial charge on any atom is 0.211 e. The van der Waals surface area contributed by atoms with E-state index >= 15 is 0 Å². The van der Waals surface area contributed by atoms with Crippen LogP contribution in [0, 0.1) is 0 Å². The van der Waals surface area contributed by atoms with Gasteiger partial charge in [-0.15, -0.1) is 0 Å². The standard InChI is InChI=1S/C13H9NO2/c15-8-14-9-5-6-13-11(7-9)10-3-1-2-4-12(10)16-13/h1-8H,(H,14,15). The Bertz CT molecular complexity index is 670. The van der Waals surface area contributed by atoms with Crippen molar-refractivity contribution in [3.8, 4) is 0 Å². The van der Waals surface area contributed by atoms with Crippen LogP contribution in [0.2, 0.25) is 0 Å². The van der Waals surface area contributed by atoms with Gasteiger partial charge in [0.15, 0.2) is 0 Å². The largest absolute Gasteiger partial charge is 0.456 e. The lowest BCUT2D eigenvalue weighted by atomic mass is 10.1. The van der Waals surface area contributed by atoms with Crippen LogP contribution in [0.25, 0.3) is 21.9 Å². The number of hydrogen-bond donors (Lipinski definition) is 1. The summed E-state index contributed by atoms with van der Waals surface area (Å²) in [5, 5.41) is 4.71. The zero-order valence-electron chi connectivity index (χ0n) is 8.44. The second-order valence-electron chi connectivity index (χ2n) is 3.57. The highest BCUT2D eigenvalue weighted by Crippen LogP contribution is 2.30. The summed E-state index contributed by atoms with van der Waals surface area (Å²) in [4.78, 5) is 10.4. The fraction of sp³-hybridized carbons (Fsp3) is 0. The maximum atomic E-state index is 10.4. The highest BCUT2D eigenvalue weighted by atomic mass is 16.3. The Kier molecular flexibility index (Phi) is 1.90. The topological polar surface area (TPSA) is 42.2 Å². The molecule has 3 aromatic rings. The van der Waals surface area contributed by atoms with Crippen molar-refractivity contribution in [3.63, 3.8) is 0 Å². The Morgan fingerprint density at radius 1 is 1.00 bits per heavy atom. The summed E-state index contributed by atoms with van der Waals surface area (Å²) in [6.07, 6.45) is 0.670. The molecule has 0 bridgehead atoms. The van der Waals surface area contributed by atoms with Gasteiger partial charge in [0.1, 0.15) is 11.2 Å². The summed E-state index contributed by atoms with van der Waals surface area (Å²) in [5.41, 5.74) is 2.47. The van der Waals surface area contributed by atoms with Gasteiger partial charge in [0.05, 0.1) is 0 Å². The molecular formula is C13H9NO2. The highest BCUT2D eigenvalue weighted by Gasteiger charge is 2.06. The number of hydrogen-bond acceptors (Lipinski definition) is 2. The summed E-state index contributed by atoms with van der Waals surface area (Å²) < 4.78 is 5.67. The van der Waals surface area contributed by atoms with Crippen LogP contribution in [-0.2, 0) is 4.79 Å². The minimum Gasteiger partial charge on any atom is -0.456 e. The molecule has 0 saturated carbocycles. The molecule has 16 heavy (non-hydrogen) atoms. The van der Waals surface area contributed by atoms with E-state index in [0.717, 1.165) is 27.6 Å². The number of carbonyl (C=O) groups excluding carboxylic acids is 1. The van der Waals surface area contributed by atoms with E-state index < -0.39 is 0 Å². The normalized spacial score (nSPS) is 10.8. The first kappa shape index (κ1) is 8.97. The summed E-state index contributed by atoms with van der Waals surface area (Å²) >= 11 is 0. The molecule has 78 valence electrons. The third-order valence-electron chi connectivity index (χ3n) is 2.60. The lowest BCUT2D eigenvalue weighted by molar-refractivity contribution is -0.105. The van der Waals surface area contributed by atoms with Gasteiger partial charge in [-0.05, 0) is 24.3 Å². The van der Waals surface area contributed by atoms with Crippen LogP contribution in [0.3, 0.4) is 0 Å². The van der Waals surface area contributed by atoms with E-state index in [9.17, 15) is 4.79 Å². The fourth-order valence-corrected chi connectivity index (χ4v) is 1.88. The third kappa shape index (κ3) is 1.26. The molecular weight excluding hydrogens is 202 g/mol. The van der Waals surface area contributed by atoms with E-state index in [-0.39, 0.29) is 0 Å². The summed E-state index contributed by atoms with van der Waals surface area (Å²) in [6.45, 7) is 0. The molecule has 0 aliphatic rings. The molecule has 1 heterocycles. The number of amides is 1. The van der Waals surface area contributed by atoms with Gasteiger partial charge in [0, 0.05) is 16.5 Å². The van der Waals surface area contributed by atoms with E-state index in [0.29, 0.717) is 6.41 Å². The minimum atomic E-state index is 0.670. The Balaban J connectivity index is 2.35. The lowest BCUT2D eigenvalue weighted by Crippen LogP contribution is -1.92. The minimum absolute atomic E-state index is 0.670. The number of anilines is 1. The van der Waals surface area contributed by atoms with Crippen LogP contribution in [-0.4, -0.2) is 6.41 Å². The first-order valence-electron chi connectivity index (χ1n) is 5.00. The van der Waals surface area contributed by atoms with Gasteiger partial charge in [-0.3, -0.25) is 4.79 Å². The number of nitrogens with one attached hydrogen (secondary N) is 1. The van der Waals surface area contributed by atoms with E-state index in [1.54, 1.807) is 0 Å². The van der Waals surface area contributed by atoms with Gasteiger partial charge in [-0.2, -0.15) is 0 Å². The highest BCUT2D eigenvalue weighted by molar-refractivity contribution is 6.06. The first-order valence-corrected chi connectivity index (χ1v) is 5.00. The summed E-state index contributed by atoms with van der Waals surface area (Å²) in [7, 11) is 0. The van der Waals surface area contributed by atoms with Crippen LogP contribution in [0.5, 0.6) is 0 Å². The average molecular weight is 211 g/mol. The molecule has 1 N–H and O–H groups in total. The molecule has 0 atom stereocenters. The van der Waals surface area contributed by atoms with Crippen LogP contribution in [0.4, 0.5) is 5.69 Å². The second kappa shape index (κ2) is 3.38.